The van der Waals surface area contributed by atoms with Gasteiger partial charge < -0.3 is 20.4 Å². The molecule has 3 N–H and O–H groups in total. The Balaban J connectivity index is 2.21. The highest BCUT2D eigenvalue weighted by molar-refractivity contribution is 5.98. The van der Waals surface area contributed by atoms with Crippen LogP contribution in [-0.4, -0.2) is 32.5 Å². The molecule has 1 aromatic heterocycles. The summed E-state index contributed by atoms with van der Waals surface area (Å²) in [5.74, 6) is -1.00. The molecule has 2 heterocycles. The fourth-order valence-corrected chi connectivity index (χ4v) is 3.13. The molecule has 0 saturated carbocycles. The number of hydrogen-bond donors (Lipinski definition) is 2. The van der Waals surface area contributed by atoms with Gasteiger partial charge in [-0.3, -0.25) is 14.9 Å². The Hall–Kier alpha value is -3.69. The predicted molar refractivity (Wildman–Crippen MR) is 99.5 cm³/mol. The highest BCUT2D eigenvalue weighted by Crippen LogP contribution is 2.38. The fourth-order valence-electron chi connectivity index (χ4n) is 3.13. The lowest BCUT2D eigenvalue weighted by Gasteiger charge is -2.30. The third-order valence-corrected chi connectivity index (χ3v) is 4.25. The summed E-state index contributed by atoms with van der Waals surface area (Å²) in [6, 6.07) is 5.15. The molecule has 0 bridgehead atoms. The van der Waals surface area contributed by atoms with E-state index in [1.54, 1.807) is 31.4 Å². The molecule has 1 amide bonds. The first-order valence-corrected chi connectivity index (χ1v) is 8.50. The predicted octanol–water partition coefficient (Wildman–Crippen LogP) is 2.13. The summed E-state index contributed by atoms with van der Waals surface area (Å²) in [6.45, 7) is 5.10. The molecule has 10 heteroatoms. The Morgan fingerprint density at radius 3 is 2.71 bits per heavy atom. The van der Waals surface area contributed by atoms with Crippen LogP contribution in [0.4, 0.5) is 11.5 Å². The Labute approximate surface area is 160 Å². The summed E-state index contributed by atoms with van der Waals surface area (Å²) in [5.41, 5.74) is 6.44. The zero-order valence-electron chi connectivity index (χ0n) is 15.5. The van der Waals surface area contributed by atoms with Gasteiger partial charge in [0.1, 0.15) is 5.82 Å². The number of imidazole rings is 1. The molecule has 28 heavy (non-hydrogen) atoms. The molecule has 0 aliphatic carbocycles. The summed E-state index contributed by atoms with van der Waals surface area (Å²) in [6.07, 6.45) is 1.00. The third kappa shape index (κ3) is 3.31. The highest BCUT2D eigenvalue weighted by Gasteiger charge is 2.36. The van der Waals surface area contributed by atoms with Gasteiger partial charge in [0, 0.05) is 17.8 Å². The number of nitrogens with zero attached hydrogens (tertiary/aromatic N) is 3. The van der Waals surface area contributed by atoms with E-state index >= 15 is 0 Å². The van der Waals surface area contributed by atoms with Gasteiger partial charge in [0.15, 0.2) is 5.69 Å². The number of primary amides is 1. The van der Waals surface area contributed by atoms with E-state index in [-0.39, 0.29) is 23.1 Å². The summed E-state index contributed by atoms with van der Waals surface area (Å²) in [7, 11) is 0. The second-order valence-corrected chi connectivity index (χ2v) is 6.59. The van der Waals surface area contributed by atoms with E-state index in [2.05, 4.69) is 10.3 Å². The number of hydrogen-bond acceptors (Lipinski definition) is 7. The van der Waals surface area contributed by atoms with Crippen molar-refractivity contribution >= 4 is 23.4 Å². The van der Waals surface area contributed by atoms with Crippen molar-refractivity contribution in [1.29, 1.82) is 0 Å². The monoisotopic (exact) mass is 385 g/mol. The molecule has 3 rings (SSSR count). The van der Waals surface area contributed by atoms with Crippen LogP contribution < -0.4 is 11.1 Å². The lowest BCUT2D eigenvalue weighted by Crippen LogP contribution is -2.30. The Bertz CT molecular complexity index is 1010. The van der Waals surface area contributed by atoms with E-state index < -0.39 is 22.8 Å². The average Bonchev–Trinajstić information content (AvgIpc) is 3.03. The minimum atomic E-state index is -0.775. The number of benzene rings is 1. The van der Waals surface area contributed by atoms with Crippen LogP contribution in [0.1, 0.15) is 42.9 Å². The van der Waals surface area contributed by atoms with Crippen molar-refractivity contribution in [3.05, 3.63) is 63.2 Å². The number of carbonyl (C=O) groups excluding carboxylic acids is 2. The van der Waals surface area contributed by atoms with E-state index in [0.717, 1.165) is 0 Å². The van der Waals surface area contributed by atoms with Gasteiger partial charge in [-0.15, -0.1) is 0 Å². The van der Waals surface area contributed by atoms with Crippen LogP contribution in [0.25, 0.3) is 0 Å². The summed E-state index contributed by atoms with van der Waals surface area (Å²) < 4.78 is 6.91. The number of amides is 1. The first-order chi connectivity index (χ1) is 13.2. The molecule has 0 saturated heterocycles. The van der Waals surface area contributed by atoms with E-state index in [9.17, 15) is 19.7 Å². The number of anilines is 1. The number of non-ortho nitro benzene ring substituents is 1. The quantitative estimate of drug-likeness (QED) is 0.456. The van der Waals surface area contributed by atoms with Crippen LogP contribution in [-0.2, 0) is 9.53 Å². The number of rotatable bonds is 5. The van der Waals surface area contributed by atoms with Crippen LogP contribution in [0.2, 0.25) is 0 Å². The van der Waals surface area contributed by atoms with E-state index in [1.807, 2.05) is 0 Å². The molecule has 0 radical (unpaired) electrons. The molecule has 1 atom stereocenters. The molecule has 0 fully saturated rings. The molecule has 146 valence electrons. The highest BCUT2D eigenvalue weighted by atomic mass is 16.6. The molecular weight excluding hydrogens is 366 g/mol. The van der Waals surface area contributed by atoms with E-state index in [4.69, 9.17) is 10.5 Å². The summed E-state index contributed by atoms with van der Waals surface area (Å²) in [4.78, 5) is 39.2. The molecule has 10 nitrogen and oxygen atoms in total. The molecule has 2 aromatic rings. The van der Waals surface area contributed by atoms with Gasteiger partial charge >= 0.3 is 5.97 Å². The Morgan fingerprint density at radius 1 is 1.39 bits per heavy atom. The maximum absolute atomic E-state index is 12.8. The first-order valence-electron chi connectivity index (χ1n) is 8.50. The molecule has 1 unspecified atom stereocenters. The smallest absolute Gasteiger partial charge is 0.338 e. The molecule has 1 aromatic carbocycles. The largest absolute Gasteiger partial charge is 0.459 e. The van der Waals surface area contributed by atoms with Crippen molar-refractivity contribution in [3.8, 4) is 0 Å². The Kier molecular flexibility index (Phi) is 4.87. The number of fused-ring (bicyclic) bond motifs is 1. The second kappa shape index (κ2) is 7.14. The van der Waals surface area contributed by atoms with Gasteiger partial charge in [-0.1, -0.05) is 12.1 Å². The molecule has 1 aliphatic rings. The van der Waals surface area contributed by atoms with Crippen molar-refractivity contribution in [2.75, 3.05) is 5.32 Å². The lowest BCUT2D eigenvalue weighted by molar-refractivity contribution is -0.384. The van der Waals surface area contributed by atoms with Gasteiger partial charge in [-0.05, 0) is 26.3 Å². The first kappa shape index (κ1) is 19.1. The topological polar surface area (TPSA) is 142 Å². The molecular formula is C18H19N5O5. The van der Waals surface area contributed by atoms with E-state index in [0.29, 0.717) is 17.1 Å². The number of nitrogens with two attached hydrogens (primary N) is 1. The number of carbonyl (C=O) groups is 2. The molecule has 1 aliphatic heterocycles. The average molecular weight is 385 g/mol. The van der Waals surface area contributed by atoms with Gasteiger partial charge in [0.25, 0.3) is 11.6 Å². The minimum absolute atomic E-state index is 0.00561. The van der Waals surface area contributed by atoms with Gasteiger partial charge in [0.05, 0.1) is 29.0 Å². The second-order valence-electron chi connectivity index (χ2n) is 6.59. The van der Waals surface area contributed by atoms with Crippen molar-refractivity contribution < 1.29 is 19.2 Å². The van der Waals surface area contributed by atoms with Crippen LogP contribution in [0.15, 0.2) is 41.9 Å². The number of aromatic nitrogens is 2. The van der Waals surface area contributed by atoms with Crippen LogP contribution >= 0.6 is 0 Å². The number of allylic oxidation sites excluding steroid dienone is 1. The lowest BCUT2D eigenvalue weighted by atomic mass is 9.94. The zero-order valence-corrected chi connectivity index (χ0v) is 15.5. The van der Waals surface area contributed by atoms with Crippen LogP contribution in [0.5, 0.6) is 0 Å². The SMILES string of the molecule is CC1=C(C(=O)OC(C)C)C(c2cccc([N+](=O)[O-])c2)n2cnc(C(N)=O)c2N1. The van der Waals surface area contributed by atoms with Crippen LogP contribution in [0, 0.1) is 10.1 Å². The van der Waals surface area contributed by atoms with Crippen molar-refractivity contribution in [3.63, 3.8) is 0 Å². The third-order valence-electron chi connectivity index (χ3n) is 4.25. The number of nitro benzene ring substituents is 1. The maximum atomic E-state index is 12.8. The maximum Gasteiger partial charge on any atom is 0.338 e. The van der Waals surface area contributed by atoms with Crippen LogP contribution in [0.3, 0.4) is 0 Å². The number of nitrogens with one attached hydrogen (secondary N) is 1. The Morgan fingerprint density at radius 2 is 2.11 bits per heavy atom. The van der Waals surface area contributed by atoms with Crippen molar-refractivity contribution in [2.45, 2.75) is 32.9 Å². The fraction of sp³-hybridized carbons (Fsp3) is 0.278. The summed E-state index contributed by atoms with van der Waals surface area (Å²) in [5, 5.41) is 14.2. The van der Waals surface area contributed by atoms with Gasteiger partial charge in [0.2, 0.25) is 0 Å². The van der Waals surface area contributed by atoms with Crippen molar-refractivity contribution in [1.82, 2.24) is 9.55 Å². The number of nitro groups is 1. The number of ether oxygens (including phenoxy) is 1. The van der Waals surface area contributed by atoms with E-state index in [1.165, 1.54) is 24.5 Å². The summed E-state index contributed by atoms with van der Waals surface area (Å²) >= 11 is 0. The molecule has 0 spiro atoms. The zero-order chi connectivity index (χ0) is 20.6. The number of esters is 1. The van der Waals surface area contributed by atoms with Gasteiger partial charge in [-0.25, -0.2) is 9.78 Å². The van der Waals surface area contributed by atoms with Gasteiger partial charge in [-0.2, -0.15) is 0 Å². The van der Waals surface area contributed by atoms with Crippen molar-refractivity contribution in [2.24, 2.45) is 5.73 Å². The minimum Gasteiger partial charge on any atom is -0.459 e. The standard InChI is InChI=1S/C18H19N5O5/c1-9(2)28-18(25)13-10(3)21-17-14(16(19)24)20-8-22(17)15(13)11-5-4-6-12(7-11)23(26)27/h4-9,15,21H,1-3H3,(H2,19,24). The normalized spacial score (nSPS) is 15.8.